The molecule has 1 aliphatic carbocycles. The van der Waals surface area contributed by atoms with Gasteiger partial charge in [0.05, 0.1) is 0 Å². The van der Waals surface area contributed by atoms with E-state index in [1.807, 2.05) is 0 Å². The van der Waals surface area contributed by atoms with Crippen LogP contribution in [-0.4, -0.2) is 0 Å². The molecule has 4 rings (SSSR count). The maximum Gasteiger partial charge on any atom is -0.00868 e. The third-order valence-electron chi connectivity index (χ3n) is 4.46. The Kier molecular flexibility index (Phi) is 3.08. The zero-order chi connectivity index (χ0) is 14.1. The standard InChI is InChI=1S/C21H18/c1-3-7-16(8-4-1)17-11-13-19(14-12-17)21-15-20(21)18-9-5-2-6-10-18/h1-14,20-21H,15H2/t20-,21-/m0/s1. The van der Waals surface area contributed by atoms with Gasteiger partial charge < -0.3 is 0 Å². The molecule has 0 heterocycles. The van der Waals surface area contributed by atoms with Crippen molar-refractivity contribution in [3.63, 3.8) is 0 Å². The molecule has 21 heavy (non-hydrogen) atoms. The van der Waals surface area contributed by atoms with Crippen LogP contribution in [0.5, 0.6) is 0 Å². The molecule has 1 saturated carbocycles. The van der Waals surface area contributed by atoms with Gasteiger partial charge in [-0.3, -0.25) is 0 Å². The van der Waals surface area contributed by atoms with Gasteiger partial charge in [0.25, 0.3) is 0 Å². The molecule has 102 valence electrons. The highest BCUT2D eigenvalue weighted by molar-refractivity contribution is 5.63. The third-order valence-corrected chi connectivity index (χ3v) is 4.46. The Bertz CT molecular complexity index is 711. The number of hydrogen-bond acceptors (Lipinski definition) is 0. The van der Waals surface area contributed by atoms with Gasteiger partial charge in [0.2, 0.25) is 0 Å². The normalized spacial score (nSPS) is 20.2. The molecule has 1 fully saturated rings. The van der Waals surface area contributed by atoms with Crippen LogP contribution >= 0.6 is 0 Å². The Labute approximate surface area is 126 Å². The molecule has 0 amide bonds. The van der Waals surface area contributed by atoms with Gasteiger partial charge in [-0.05, 0) is 40.5 Å². The first-order chi connectivity index (χ1) is 10.4. The van der Waals surface area contributed by atoms with E-state index in [0.29, 0.717) is 11.8 Å². The SMILES string of the molecule is c1ccc(-c2ccc([C@@H]3C[C@H]3c3ccccc3)cc2)cc1. The minimum Gasteiger partial charge on any atom is -0.0622 e. The highest BCUT2D eigenvalue weighted by atomic mass is 14.4. The summed E-state index contributed by atoms with van der Waals surface area (Å²) in [5.74, 6) is 1.42. The van der Waals surface area contributed by atoms with E-state index in [9.17, 15) is 0 Å². The molecule has 0 nitrogen and oxygen atoms in total. The largest absolute Gasteiger partial charge is 0.0622 e. The predicted octanol–water partition coefficient (Wildman–Crippen LogP) is 5.62. The summed E-state index contributed by atoms with van der Waals surface area (Å²) in [5.41, 5.74) is 5.55. The van der Waals surface area contributed by atoms with Crippen molar-refractivity contribution in [3.8, 4) is 11.1 Å². The number of rotatable bonds is 3. The fourth-order valence-corrected chi connectivity index (χ4v) is 3.19. The van der Waals surface area contributed by atoms with E-state index >= 15 is 0 Å². The summed E-state index contributed by atoms with van der Waals surface area (Å²) in [6.45, 7) is 0. The van der Waals surface area contributed by atoms with Crippen LogP contribution in [0.15, 0.2) is 84.9 Å². The zero-order valence-electron chi connectivity index (χ0n) is 11.9. The molecule has 3 aromatic rings. The third kappa shape index (κ3) is 2.50. The van der Waals surface area contributed by atoms with E-state index in [0.717, 1.165) is 0 Å². The summed E-state index contributed by atoms with van der Waals surface area (Å²) in [6.07, 6.45) is 1.29. The molecule has 0 radical (unpaired) electrons. The van der Waals surface area contributed by atoms with Crippen molar-refractivity contribution < 1.29 is 0 Å². The van der Waals surface area contributed by atoms with E-state index in [2.05, 4.69) is 84.9 Å². The fourth-order valence-electron chi connectivity index (χ4n) is 3.19. The molecule has 0 unspecified atom stereocenters. The first-order valence-corrected chi connectivity index (χ1v) is 7.62. The Morgan fingerprint density at radius 1 is 0.476 bits per heavy atom. The Morgan fingerprint density at radius 2 is 0.952 bits per heavy atom. The fraction of sp³-hybridized carbons (Fsp3) is 0.143. The van der Waals surface area contributed by atoms with E-state index < -0.39 is 0 Å². The molecule has 1 aliphatic rings. The molecule has 0 N–H and O–H groups in total. The molecule has 0 aromatic heterocycles. The van der Waals surface area contributed by atoms with Crippen molar-refractivity contribution in [1.82, 2.24) is 0 Å². The molecule has 0 aliphatic heterocycles. The lowest BCUT2D eigenvalue weighted by molar-refractivity contribution is 1.03. The monoisotopic (exact) mass is 270 g/mol. The van der Waals surface area contributed by atoms with Crippen molar-refractivity contribution >= 4 is 0 Å². The first kappa shape index (κ1) is 12.4. The van der Waals surface area contributed by atoms with E-state index in [4.69, 9.17) is 0 Å². The second-order valence-electron chi connectivity index (χ2n) is 5.85. The molecule has 2 atom stereocenters. The average molecular weight is 270 g/mol. The summed E-state index contributed by atoms with van der Waals surface area (Å²) >= 11 is 0. The molecule has 0 bridgehead atoms. The van der Waals surface area contributed by atoms with Crippen LogP contribution < -0.4 is 0 Å². The van der Waals surface area contributed by atoms with Crippen LogP contribution in [-0.2, 0) is 0 Å². The van der Waals surface area contributed by atoms with Crippen molar-refractivity contribution in [2.75, 3.05) is 0 Å². The smallest absolute Gasteiger partial charge is 0.00868 e. The quantitative estimate of drug-likeness (QED) is 0.579. The summed E-state index contributed by atoms with van der Waals surface area (Å²) in [6, 6.07) is 30.6. The minimum absolute atomic E-state index is 0.706. The van der Waals surface area contributed by atoms with Crippen molar-refractivity contribution in [3.05, 3.63) is 96.1 Å². The molecule has 0 spiro atoms. The van der Waals surface area contributed by atoms with E-state index in [-0.39, 0.29) is 0 Å². The highest BCUT2D eigenvalue weighted by Gasteiger charge is 2.39. The lowest BCUT2D eigenvalue weighted by atomic mass is 10.0. The van der Waals surface area contributed by atoms with Crippen molar-refractivity contribution in [2.24, 2.45) is 0 Å². The highest BCUT2D eigenvalue weighted by Crippen LogP contribution is 2.54. The summed E-state index contributed by atoms with van der Waals surface area (Å²) in [5, 5.41) is 0. The summed E-state index contributed by atoms with van der Waals surface area (Å²) in [4.78, 5) is 0. The van der Waals surface area contributed by atoms with Gasteiger partial charge in [-0.2, -0.15) is 0 Å². The van der Waals surface area contributed by atoms with Gasteiger partial charge in [-0.1, -0.05) is 84.9 Å². The van der Waals surface area contributed by atoms with Gasteiger partial charge >= 0.3 is 0 Å². The number of hydrogen-bond donors (Lipinski definition) is 0. The maximum absolute atomic E-state index is 2.30. The first-order valence-electron chi connectivity index (χ1n) is 7.62. The molecule has 0 heteroatoms. The van der Waals surface area contributed by atoms with Crippen LogP contribution in [0.25, 0.3) is 11.1 Å². The zero-order valence-corrected chi connectivity index (χ0v) is 11.9. The summed E-state index contributed by atoms with van der Waals surface area (Å²) < 4.78 is 0. The van der Waals surface area contributed by atoms with Crippen LogP contribution in [0.1, 0.15) is 29.4 Å². The molecular formula is C21H18. The predicted molar refractivity (Wildman–Crippen MR) is 88.4 cm³/mol. The lowest BCUT2D eigenvalue weighted by Crippen LogP contribution is -1.85. The Morgan fingerprint density at radius 3 is 1.57 bits per heavy atom. The van der Waals surface area contributed by atoms with Gasteiger partial charge in [0.15, 0.2) is 0 Å². The maximum atomic E-state index is 2.30. The van der Waals surface area contributed by atoms with Gasteiger partial charge in [-0.15, -0.1) is 0 Å². The van der Waals surface area contributed by atoms with E-state index in [1.165, 1.54) is 28.7 Å². The van der Waals surface area contributed by atoms with Gasteiger partial charge in [0, 0.05) is 0 Å². The second-order valence-corrected chi connectivity index (χ2v) is 5.85. The average Bonchev–Trinajstić information content (AvgIpc) is 3.37. The van der Waals surface area contributed by atoms with Crippen LogP contribution in [0, 0.1) is 0 Å². The van der Waals surface area contributed by atoms with Crippen molar-refractivity contribution in [2.45, 2.75) is 18.3 Å². The number of benzene rings is 3. The van der Waals surface area contributed by atoms with E-state index in [1.54, 1.807) is 0 Å². The Balaban J connectivity index is 1.54. The summed E-state index contributed by atoms with van der Waals surface area (Å²) in [7, 11) is 0. The molecule has 0 saturated heterocycles. The van der Waals surface area contributed by atoms with Gasteiger partial charge in [-0.25, -0.2) is 0 Å². The minimum atomic E-state index is 0.706. The molecule has 3 aromatic carbocycles. The van der Waals surface area contributed by atoms with Gasteiger partial charge in [0.1, 0.15) is 0 Å². The lowest BCUT2D eigenvalue weighted by Gasteiger charge is -2.05. The van der Waals surface area contributed by atoms with Crippen LogP contribution in [0.2, 0.25) is 0 Å². The van der Waals surface area contributed by atoms with Crippen LogP contribution in [0.3, 0.4) is 0 Å². The molecular weight excluding hydrogens is 252 g/mol. The Hall–Kier alpha value is -2.34. The second kappa shape index (κ2) is 5.21. The van der Waals surface area contributed by atoms with Crippen molar-refractivity contribution in [1.29, 1.82) is 0 Å². The van der Waals surface area contributed by atoms with Crippen LogP contribution in [0.4, 0.5) is 0 Å². The topological polar surface area (TPSA) is 0 Å².